The Labute approximate surface area is 83.1 Å². The van der Waals surface area contributed by atoms with Gasteiger partial charge in [-0.05, 0) is 31.5 Å². The summed E-state index contributed by atoms with van der Waals surface area (Å²) < 4.78 is 12.8. The topological polar surface area (TPSA) is 29.1 Å². The summed E-state index contributed by atoms with van der Waals surface area (Å²) >= 11 is 0. The maximum atomic E-state index is 12.8. The van der Waals surface area contributed by atoms with E-state index in [4.69, 9.17) is 0 Å². The van der Waals surface area contributed by atoms with Crippen molar-refractivity contribution in [3.8, 4) is 0 Å². The van der Waals surface area contributed by atoms with Crippen LogP contribution in [0.25, 0.3) is 0 Å². The van der Waals surface area contributed by atoms with Gasteiger partial charge in [0, 0.05) is 11.6 Å². The number of carbonyl (C=O) groups is 1. The Morgan fingerprint density at radius 1 is 1.57 bits per heavy atom. The van der Waals surface area contributed by atoms with Crippen LogP contribution >= 0.6 is 0 Å². The molecule has 0 heterocycles. The van der Waals surface area contributed by atoms with E-state index < -0.39 is 0 Å². The molecule has 2 nitrogen and oxygen atoms in total. The van der Waals surface area contributed by atoms with Crippen LogP contribution in [0.2, 0.25) is 0 Å². The van der Waals surface area contributed by atoms with E-state index in [9.17, 15) is 9.18 Å². The first-order chi connectivity index (χ1) is 6.63. The molecule has 1 amide bonds. The van der Waals surface area contributed by atoms with E-state index in [1.807, 2.05) is 13.8 Å². The molecular formula is C11H14FNO. The normalized spacial score (nSPS) is 12.2. The third-order valence-corrected chi connectivity index (χ3v) is 2.08. The lowest BCUT2D eigenvalue weighted by atomic mass is 10.2. The molecule has 0 aliphatic rings. The quantitative estimate of drug-likeness (QED) is 0.788. The highest BCUT2D eigenvalue weighted by Crippen LogP contribution is 2.03. The predicted octanol–water partition coefficient (Wildman–Crippen LogP) is 2.35. The van der Waals surface area contributed by atoms with Crippen LogP contribution in [0.15, 0.2) is 24.3 Å². The Morgan fingerprint density at radius 2 is 2.29 bits per heavy atom. The molecule has 0 radical (unpaired) electrons. The van der Waals surface area contributed by atoms with Crippen molar-refractivity contribution >= 4 is 5.91 Å². The summed E-state index contributed by atoms with van der Waals surface area (Å²) in [4.78, 5) is 11.5. The van der Waals surface area contributed by atoms with Crippen LogP contribution in [0.1, 0.15) is 30.6 Å². The third kappa shape index (κ3) is 2.83. The SMILES string of the molecule is CCC(C)NC(=O)c1cccc(F)c1. The average molecular weight is 195 g/mol. The zero-order chi connectivity index (χ0) is 10.6. The summed E-state index contributed by atoms with van der Waals surface area (Å²) in [5, 5.41) is 2.77. The summed E-state index contributed by atoms with van der Waals surface area (Å²) in [6.45, 7) is 3.90. The maximum Gasteiger partial charge on any atom is 0.251 e. The first-order valence-corrected chi connectivity index (χ1v) is 4.70. The maximum absolute atomic E-state index is 12.8. The number of hydrogen-bond acceptors (Lipinski definition) is 1. The second kappa shape index (κ2) is 4.74. The number of amides is 1. The average Bonchev–Trinajstić information content (AvgIpc) is 2.17. The lowest BCUT2D eigenvalue weighted by Gasteiger charge is -2.10. The number of halogens is 1. The summed E-state index contributed by atoms with van der Waals surface area (Å²) in [6.07, 6.45) is 0.862. The third-order valence-electron chi connectivity index (χ3n) is 2.08. The molecule has 0 bridgehead atoms. The van der Waals surface area contributed by atoms with Crippen molar-refractivity contribution in [1.82, 2.24) is 5.32 Å². The van der Waals surface area contributed by atoms with Crippen molar-refractivity contribution in [2.24, 2.45) is 0 Å². The van der Waals surface area contributed by atoms with Crippen LogP contribution in [0.3, 0.4) is 0 Å². The van der Waals surface area contributed by atoms with Gasteiger partial charge in [0.05, 0.1) is 0 Å². The molecule has 0 aromatic heterocycles. The summed E-state index contributed by atoms with van der Waals surface area (Å²) in [6, 6.07) is 5.80. The predicted molar refractivity (Wildman–Crippen MR) is 53.6 cm³/mol. The van der Waals surface area contributed by atoms with E-state index in [0.29, 0.717) is 5.56 Å². The van der Waals surface area contributed by atoms with Gasteiger partial charge >= 0.3 is 0 Å². The highest BCUT2D eigenvalue weighted by Gasteiger charge is 2.08. The molecule has 0 aliphatic carbocycles. The van der Waals surface area contributed by atoms with Crippen LogP contribution in [0.5, 0.6) is 0 Å². The minimum Gasteiger partial charge on any atom is -0.350 e. The van der Waals surface area contributed by atoms with Gasteiger partial charge < -0.3 is 5.32 Å². The second-order valence-corrected chi connectivity index (χ2v) is 3.29. The molecule has 0 fully saturated rings. The first-order valence-electron chi connectivity index (χ1n) is 4.70. The van der Waals surface area contributed by atoms with E-state index in [-0.39, 0.29) is 17.8 Å². The van der Waals surface area contributed by atoms with Gasteiger partial charge in [-0.3, -0.25) is 4.79 Å². The van der Waals surface area contributed by atoms with E-state index in [1.54, 1.807) is 6.07 Å². The van der Waals surface area contributed by atoms with E-state index >= 15 is 0 Å². The Hall–Kier alpha value is -1.38. The molecule has 0 aliphatic heterocycles. The highest BCUT2D eigenvalue weighted by atomic mass is 19.1. The molecule has 1 N–H and O–H groups in total. The number of rotatable bonds is 3. The molecule has 14 heavy (non-hydrogen) atoms. The zero-order valence-corrected chi connectivity index (χ0v) is 8.38. The second-order valence-electron chi connectivity index (χ2n) is 3.29. The largest absolute Gasteiger partial charge is 0.350 e. The van der Waals surface area contributed by atoms with Gasteiger partial charge in [-0.1, -0.05) is 13.0 Å². The lowest BCUT2D eigenvalue weighted by molar-refractivity contribution is 0.0939. The number of hydrogen-bond donors (Lipinski definition) is 1. The molecule has 1 unspecified atom stereocenters. The molecule has 0 spiro atoms. The van der Waals surface area contributed by atoms with Crippen LogP contribution in [-0.4, -0.2) is 11.9 Å². The fraction of sp³-hybridized carbons (Fsp3) is 0.364. The molecule has 0 saturated heterocycles. The van der Waals surface area contributed by atoms with E-state index in [2.05, 4.69) is 5.32 Å². The van der Waals surface area contributed by atoms with Crippen LogP contribution < -0.4 is 5.32 Å². The lowest BCUT2D eigenvalue weighted by Crippen LogP contribution is -2.31. The van der Waals surface area contributed by atoms with Crippen LogP contribution in [0, 0.1) is 5.82 Å². The monoisotopic (exact) mass is 195 g/mol. The van der Waals surface area contributed by atoms with Gasteiger partial charge in [0.25, 0.3) is 5.91 Å². The van der Waals surface area contributed by atoms with Crippen LogP contribution in [-0.2, 0) is 0 Å². The molecule has 1 aromatic rings. The minimum absolute atomic E-state index is 0.116. The number of benzene rings is 1. The molecule has 1 rings (SSSR count). The fourth-order valence-corrected chi connectivity index (χ4v) is 1.04. The highest BCUT2D eigenvalue weighted by molar-refractivity contribution is 5.94. The molecule has 1 aromatic carbocycles. The smallest absolute Gasteiger partial charge is 0.251 e. The van der Waals surface area contributed by atoms with Gasteiger partial charge in [-0.15, -0.1) is 0 Å². The Morgan fingerprint density at radius 3 is 2.86 bits per heavy atom. The molecule has 1 atom stereocenters. The van der Waals surface area contributed by atoms with Crippen molar-refractivity contribution in [1.29, 1.82) is 0 Å². The summed E-state index contributed by atoms with van der Waals surface area (Å²) in [5.41, 5.74) is 0.366. The Balaban J connectivity index is 2.70. The molecule has 0 saturated carbocycles. The van der Waals surface area contributed by atoms with Gasteiger partial charge in [-0.25, -0.2) is 4.39 Å². The first kappa shape index (κ1) is 10.7. The molecule has 3 heteroatoms. The van der Waals surface area contributed by atoms with Gasteiger partial charge in [0.15, 0.2) is 0 Å². The standard InChI is InChI=1S/C11H14FNO/c1-3-8(2)13-11(14)9-5-4-6-10(12)7-9/h4-8H,3H2,1-2H3,(H,13,14). The fourth-order valence-electron chi connectivity index (χ4n) is 1.04. The van der Waals surface area contributed by atoms with E-state index in [0.717, 1.165) is 6.42 Å². The Kier molecular flexibility index (Phi) is 3.63. The summed E-state index contributed by atoms with van der Waals surface area (Å²) in [7, 11) is 0. The van der Waals surface area contributed by atoms with Crippen molar-refractivity contribution in [3.05, 3.63) is 35.6 Å². The van der Waals surface area contributed by atoms with Crippen molar-refractivity contribution < 1.29 is 9.18 Å². The minimum atomic E-state index is -0.387. The van der Waals surface area contributed by atoms with Gasteiger partial charge in [0.1, 0.15) is 5.82 Å². The van der Waals surface area contributed by atoms with Crippen molar-refractivity contribution in [2.75, 3.05) is 0 Å². The van der Waals surface area contributed by atoms with Gasteiger partial charge in [-0.2, -0.15) is 0 Å². The molecular weight excluding hydrogens is 181 g/mol. The van der Waals surface area contributed by atoms with Gasteiger partial charge in [0.2, 0.25) is 0 Å². The van der Waals surface area contributed by atoms with Crippen molar-refractivity contribution in [3.63, 3.8) is 0 Å². The summed E-state index contributed by atoms with van der Waals surface area (Å²) in [5.74, 6) is -0.611. The number of carbonyl (C=O) groups excluding carboxylic acids is 1. The van der Waals surface area contributed by atoms with Crippen molar-refractivity contribution in [2.45, 2.75) is 26.3 Å². The Bertz CT molecular complexity index is 325. The number of nitrogens with one attached hydrogen (secondary N) is 1. The molecule has 76 valence electrons. The zero-order valence-electron chi connectivity index (χ0n) is 8.38. The van der Waals surface area contributed by atoms with E-state index in [1.165, 1.54) is 18.2 Å². The van der Waals surface area contributed by atoms with Crippen LogP contribution in [0.4, 0.5) is 4.39 Å².